The van der Waals surface area contributed by atoms with Gasteiger partial charge in [-0.05, 0) is 54.8 Å². The summed E-state index contributed by atoms with van der Waals surface area (Å²) in [5.41, 5.74) is 1.54. The van der Waals surface area contributed by atoms with Crippen molar-refractivity contribution >= 4 is 33.2 Å². The van der Waals surface area contributed by atoms with E-state index in [9.17, 15) is 13.2 Å². The molecule has 7 heteroatoms. The average molecular weight is 393 g/mol. The molecule has 1 aliphatic heterocycles. The van der Waals surface area contributed by atoms with Gasteiger partial charge >= 0.3 is 0 Å². The van der Waals surface area contributed by atoms with Crippen LogP contribution in [0.4, 0.5) is 5.69 Å². The summed E-state index contributed by atoms with van der Waals surface area (Å²) in [6, 6.07) is 13.5. The molecule has 0 aromatic heterocycles. The Morgan fingerprint density at radius 3 is 2.42 bits per heavy atom. The average Bonchev–Trinajstić information content (AvgIpc) is 3.13. The number of hydrogen-bond donors (Lipinski definition) is 1. The molecule has 1 aliphatic rings. The van der Waals surface area contributed by atoms with Crippen molar-refractivity contribution in [1.29, 1.82) is 0 Å². The monoisotopic (exact) mass is 392 g/mol. The number of benzene rings is 2. The third-order valence-corrected chi connectivity index (χ3v) is 6.70. The molecule has 2 aromatic carbocycles. The van der Waals surface area contributed by atoms with Gasteiger partial charge in [0.1, 0.15) is 0 Å². The number of nitrogens with one attached hydrogen (secondary N) is 1. The summed E-state index contributed by atoms with van der Waals surface area (Å²) in [6.45, 7) is 2.25. The maximum Gasteiger partial charge on any atom is 0.243 e. The smallest absolute Gasteiger partial charge is 0.243 e. The van der Waals surface area contributed by atoms with Crippen LogP contribution in [0.3, 0.4) is 0 Å². The molecule has 5 nitrogen and oxygen atoms in total. The normalized spacial score (nSPS) is 18.0. The van der Waals surface area contributed by atoms with Crippen LogP contribution in [0.25, 0.3) is 0 Å². The zero-order chi connectivity index (χ0) is 18.7. The zero-order valence-corrected chi connectivity index (χ0v) is 16.1. The number of carbonyl (C=O) groups is 1. The number of halogens is 1. The van der Waals surface area contributed by atoms with Crippen LogP contribution in [0.5, 0.6) is 0 Å². The predicted octanol–water partition coefficient (Wildman–Crippen LogP) is 4.21. The van der Waals surface area contributed by atoms with Gasteiger partial charge < -0.3 is 5.32 Å². The van der Waals surface area contributed by atoms with E-state index in [0.29, 0.717) is 23.7 Å². The highest BCUT2D eigenvalue weighted by Gasteiger charge is 2.36. The van der Waals surface area contributed by atoms with E-state index in [1.165, 1.54) is 12.1 Å². The van der Waals surface area contributed by atoms with Crippen LogP contribution in [0.1, 0.15) is 37.8 Å². The van der Waals surface area contributed by atoms with Gasteiger partial charge in [0, 0.05) is 23.7 Å². The number of rotatable bonds is 5. The van der Waals surface area contributed by atoms with Gasteiger partial charge in [0.15, 0.2) is 0 Å². The highest BCUT2D eigenvalue weighted by molar-refractivity contribution is 7.89. The van der Waals surface area contributed by atoms with Gasteiger partial charge in [-0.15, -0.1) is 0 Å². The van der Waals surface area contributed by atoms with E-state index in [1.807, 2.05) is 12.1 Å². The van der Waals surface area contributed by atoms with Crippen LogP contribution < -0.4 is 5.32 Å². The standard InChI is InChI=1S/C19H21ClN2O3S/c1-2-19(23)21-16-9-11-17(12-10-16)26(24,25)22-13-3-4-18(22)14-5-7-15(20)8-6-14/h5-12,18H,2-4,13H2,1H3,(H,21,23). The number of nitrogens with zero attached hydrogens (tertiary/aromatic N) is 1. The molecule has 1 N–H and O–H groups in total. The fourth-order valence-corrected chi connectivity index (χ4v) is 4.95. The Labute approximate surface area is 159 Å². The molecular weight excluding hydrogens is 372 g/mol. The molecule has 1 fully saturated rings. The minimum Gasteiger partial charge on any atom is -0.326 e. The van der Waals surface area contributed by atoms with Crippen molar-refractivity contribution in [3.8, 4) is 0 Å². The maximum atomic E-state index is 13.1. The van der Waals surface area contributed by atoms with Crippen molar-refractivity contribution in [3.63, 3.8) is 0 Å². The number of anilines is 1. The molecule has 1 unspecified atom stereocenters. The lowest BCUT2D eigenvalue weighted by Gasteiger charge is -2.24. The molecule has 1 heterocycles. The van der Waals surface area contributed by atoms with E-state index in [4.69, 9.17) is 11.6 Å². The molecular formula is C19H21ClN2O3S. The lowest BCUT2D eigenvalue weighted by Crippen LogP contribution is -2.30. The van der Waals surface area contributed by atoms with Gasteiger partial charge in [-0.1, -0.05) is 30.7 Å². The van der Waals surface area contributed by atoms with E-state index >= 15 is 0 Å². The summed E-state index contributed by atoms with van der Waals surface area (Å²) in [4.78, 5) is 11.7. The summed E-state index contributed by atoms with van der Waals surface area (Å²) < 4.78 is 27.7. The summed E-state index contributed by atoms with van der Waals surface area (Å²) in [5, 5.41) is 3.35. The Morgan fingerprint density at radius 2 is 1.81 bits per heavy atom. The Bertz CT molecular complexity index is 880. The number of sulfonamides is 1. The van der Waals surface area contributed by atoms with Gasteiger partial charge in [0.05, 0.1) is 10.9 Å². The molecule has 26 heavy (non-hydrogen) atoms. The molecule has 1 saturated heterocycles. The van der Waals surface area contributed by atoms with Gasteiger partial charge in [-0.25, -0.2) is 8.42 Å². The van der Waals surface area contributed by atoms with Gasteiger partial charge in [0.25, 0.3) is 0 Å². The number of hydrogen-bond acceptors (Lipinski definition) is 3. The fourth-order valence-electron chi connectivity index (χ4n) is 3.14. The molecule has 138 valence electrons. The van der Waals surface area contributed by atoms with Gasteiger partial charge in [0.2, 0.25) is 15.9 Å². The van der Waals surface area contributed by atoms with Crippen molar-refractivity contribution in [3.05, 3.63) is 59.1 Å². The number of amides is 1. The molecule has 3 rings (SSSR count). The second-order valence-electron chi connectivity index (χ2n) is 6.25. The predicted molar refractivity (Wildman–Crippen MR) is 103 cm³/mol. The maximum absolute atomic E-state index is 13.1. The fraction of sp³-hybridized carbons (Fsp3) is 0.316. The second kappa shape index (κ2) is 7.78. The van der Waals surface area contributed by atoms with Crippen molar-refractivity contribution in [2.24, 2.45) is 0 Å². The Balaban J connectivity index is 1.84. The first kappa shape index (κ1) is 18.9. The molecule has 1 atom stereocenters. The topological polar surface area (TPSA) is 66.5 Å². The largest absolute Gasteiger partial charge is 0.326 e. The van der Waals surface area contributed by atoms with Gasteiger partial charge in [-0.3, -0.25) is 4.79 Å². The van der Waals surface area contributed by atoms with E-state index < -0.39 is 10.0 Å². The minimum absolute atomic E-state index is 0.108. The first-order chi connectivity index (χ1) is 12.4. The van der Waals surface area contributed by atoms with Crippen LogP contribution in [-0.4, -0.2) is 25.2 Å². The van der Waals surface area contributed by atoms with E-state index in [1.54, 1.807) is 35.5 Å². The van der Waals surface area contributed by atoms with Crippen LogP contribution in [0, 0.1) is 0 Å². The molecule has 0 bridgehead atoms. The van der Waals surface area contributed by atoms with Crippen molar-refractivity contribution in [2.75, 3.05) is 11.9 Å². The van der Waals surface area contributed by atoms with Gasteiger partial charge in [-0.2, -0.15) is 4.31 Å². The quantitative estimate of drug-likeness (QED) is 0.828. The third kappa shape index (κ3) is 3.92. The van der Waals surface area contributed by atoms with Crippen LogP contribution in [0.15, 0.2) is 53.4 Å². The van der Waals surface area contributed by atoms with E-state index in [2.05, 4.69) is 5.32 Å². The zero-order valence-electron chi connectivity index (χ0n) is 14.5. The van der Waals surface area contributed by atoms with Crippen molar-refractivity contribution < 1.29 is 13.2 Å². The summed E-state index contributed by atoms with van der Waals surface area (Å²) in [7, 11) is -3.61. The lowest BCUT2D eigenvalue weighted by atomic mass is 10.1. The van der Waals surface area contributed by atoms with Crippen molar-refractivity contribution in [1.82, 2.24) is 4.31 Å². The summed E-state index contributed by atoms with van der Waals surface area (Å²) >= 11 is 5.94. The highest BCUT2D eigenvalue weighted by atomic mass is 35.5. The SMILES string of the molecule is CCC(=O)Nc1ccc(S(=O)(=O)N2CCCC2c2ccc(Cl)cc2)cc1. The molecule has 2 aromatic rings. The first-order valence-electron chi connectivity index (χ1n) is 8.59. The van der Waals surface area contributed by atoms with Crippen molar-refractivity contribution in [2.45, 2.75) is 37.1 Å². The molecule has 0 saturated carbocycles. The molecule has 0 radical (unpaired) electrons. The Morgan fingerprint density at radius 1 is 1.15 bits per heavy atom. The van der Waals surface area contributed by atoms with E-state index in [0.717, 1.165) is 18.4 Å². The Hall–Kier alpha value is -1.89. The lowest BCUT2D eigenvalue weighted by molar-refractivity contribution is -0.115. The molecule has 1 amide bonds. The first-order valence-corrected chi connectivity index (χ1v) is 10.4. The second-order valence-corrected chi connectivity index (χ2v) is 8.58. The number of carbonyl (C=O) groups excluding carboxylic acids is 1. The van der Waals surface area contributed by atoms with Crippen LogP contribution >= 0.6 is 11.6 Å². The Kier molecular flexibility index (Phi) is 5.65. The highest BCUT2D eigenvalue weighted by Crippen LogP contribution is 2.37. The molecule has 0 aliphatic carbocycles. The van der Waals surface area contributed by atoms with Crippen LogP contribution in [0.2, 0.25) is 5.02 Å². The summed E-state index contributed by atoms with van der Waals surface area (Å²) in [6.07, 6.45) is 1.97. The minimum atomic E-state index is -3.61. The third-order valence-electron chi connectivity index (χ3n) is 4.52. The molecule has 0 spiro atoms. The van der Waals surface area contributed by atoms with Crippen LogP contribution in [-0.2, 0) is 14.8 Å². The summed E-state index contributed by atoms with van der Waals surface area (Å²) in [5.74, 6) is -0.108. The van der Waals surface area contributed by atoms with E-state index in [-0.39, 0.29) is 16.8 Å².